The number of fused-ring (bicyclic) bond motifs is 7. The molecule has 0 bridgehead atoms. The number of aliphatic hydroxyl groups is 1. The van der Waals surface area contributed by atoms with Crippen molar-refractivity contribution in [3.63, 3.8) is 0 Å². The molecule has 6 rings (SSSR count). The van der Waals surface area contributed by atoms with Crippen molar-refractivity contribution in [2.75, 3.05) is 45.9 Å². The van der Waals surface area contributed by atoms with Gasteiger partial charge >= 0.3 is 11.9 Å². The lowest BCUT2D eigenvalue weighted by molar-refractivity contribution is -0.235. The highest BCUT2D eigenvalue weighted by Gasteiger charge is 2.70. The first-order valence-corrected chi connectivity index (χ1v) is 21.1. The fourth-order valence-electron chi connectivity index (χ4n) is 13.6. The number of allylic oxidation sites excluding steroid dienone is 1. The molecule has 0 amide bonds. The van der Waals surface area contributed by atoms with Crippen molar-refractivity contribution in [2.45, 2.75) is 145 Å². The van der Waals surface area contributed by atoms with Gasteiger partial charge in [0.15, 0.2) is 5.78 Å². The Balaban J connectivity index is 1.21. The zero-order valence-corrected chi connectivity index (χ0v) is 34.6. The number of nitrogens with one attached hydrogen (secondary N) is 1. The fraction of sp³-hybridized carbons (Fsp3) is 0.886. The molecule has 1 saturated heterocycles. The second-order valence-corrected chi connectivity index (χ2v) is 20.6. The summed E-state index contributed by atoms with van der Waals surface area (Å²) in [6.07, 6.45) is 8.47. The predicted molar refractivity (Wildman–Crippen MR) is 206 cm³/mol. The zero-order chi connectivity index (χ0) is 38.8. The summed E-state index contributed by atoms with van der Waals surface area (Å²) in [5, 5.41) is 25.4. The van der Waals surface area contributed by atoms with Crippen LogP contribution in [-0.4, -0.2) is 91.0 Å². The standard InChI is InChI=1S/C44H72N2O7/c1-28(2)36-30(47)25-44(33(48)27-45-19-10-20-46-21-23-52-24-22-46)18-17-42(8)29(37(36)44)11-12-32-41(7)15-14-34(53-35(49)26-39(3,4)38(50)51)40(5,6)31(41)13-16-43(32,42)9/h28-29,31-34,45,48H,10-27H2,1-9H3,(H,50,51)/t29-,31+,32-,33?,34+,41+,42-,43-,44+/m1/s1. The Bertz CT molecular complexity index is 1450. The van der Waals surface area contributed by atoms with Crippen LogP contribution in [0, 0.1) is 56.2 Å². The van der Waals surface area contributed by atoms with Gasteiger partial charge in [-0.3, -0.25) is 19.3 Å². The monoisotopic (exact) mass is 741 g/mol. The van der Waals surface area contributed by atoms with Crippen molar-refractivity contribution in [1.82, 2.24) is 10.2 Å². The van der Waals surface area contributed by atoms with Crippen molar-refractivity contribution in [2.24, 2.45) is 56.2 Å². The molecule has 5 fully saturated rings. The van der Waals surface area contributed by atoms with E-state index in [9.17, 15) is 24.6 Å². The summed E-state index contributed by atoms with van der Waals surface area (Å²) in [5.41, 5.74) is 0.616. The average Bonchev–Trinajstić information content (AvgIpc) is 3.39. The van der Waals surface area contributed by atoms with Gasteiger partial charge < -0.3 is 25.0 Å². The van der Waals surface area contributed by atoms with Crippen molar-refractivity contribution in [3.8, 4) is 0 Å². The van der Waals surface area contributed by atoms with Crippen molar-refractivity contribution in [3.05, 3.63) is 11.1 Å². The molecule has 0 aromatic rings. The van der Waals surface area contributed by atoms with Gasteiger partial charge in [0.25, 0.3) is 0 Å². The molecule has 1 unspecified atom stereocenters. The van der Waals surface area contributed by atoms with Gasteiger partial charge in [0.1, 0.15) is 6.10 Å². The van der Waals surface area contributed by atoms with E-state index in [0.29, 0.717) is 24.8 Å². The van der Waals surface area contributed by atoms with Gasteiger partial charge in [-0.1, -0.05) is 54.0 Å². The highest BCUT2D eigenvalue weighted by molar-refractivity contribution is 6.00. The van der Waals surface area contributed by atoms with Gasteiger partial charge in [0.2, 0.25) is 0 Å². The molecule has 9 heteroatoms. The van der Waals surface area contributed by atoms with Crippen molar-refractivity contribution < 1.29 is 34.1 Å². The molecule has 300 valence electrons. The lowest BCUT2D eigenvalue weighted by Crippen LogP contribution is -2.66. The smallest absolute Gasteiger partial charge is 0.309 e. The summed E-state index contributed by atoms with van der Waals surface area (Å²) in [6, 6.07) is 0. The minimum Gasteiger partial charge on any atom is -0.481 e. The Kier molecular flexibility index (Phi) is 11.3. The average molecular weight is 741 g/mol. The van der Waals surface area contributed by atoms with Gasteiger partial charge in [-0.05, 0) is 130 Å². The SMILES string of the molecule is CC(C)C1=C2[C@H]3CC[C@@H]4[C@@]5(C)CC[C@H](OC(=O)CC(C)(C)C(=O)O)C(C)(C)[C@@H]5CC[C@@]4(C)[C@]3(C)CC[C@@]2(C(O)CNCCCN2CCOCC2)CC1=O. The summed E-state index contributed by atoms with van der Waals surface area (Å²) in [6.45, 7) is 25.7. The quantitative estimate of drug-likeness (QED) is 0.143. The third-order valence-corrected chi connectivity index (χ3v) is 16.8. The molecule has 5 aliphatic carbocycles. The van der Waals surface area contributed by atoms with E-state index in [4.69, 9.17) is 9.47 Å². The van der Waals surface area contributed by atoms with Crippen LogP contribution >= 0.6 is 0 Å². The first-order valence-electron chi connectivity index (χ1n) is 21.1. The number of rotatable bonds is 12. The van der Waals surface area contributed by atoms with Gasteiger partial charge in [-0.15, -0.1) is 0 Å². The molecular formula is C44H72N2O7. The number of aliphatic carboxylic acids is 1. The van der Waals surface area contributed by atoms with Crippen LogP contribution < -0.4 is 5.32 Å². The van der Waals surface area contributed by atoms with E-state index in [-0.39, 0.29) is 51.8 Å². The Morgan fingerprint density at radius 2 is 1.66 bits per heavy atom. The van der Waals surface area contributed by atoms with Crippen LogP contribution in [0.15, 0.2) is 11.1 Å². The largest absolute Gasteiger partial charge is 0.481 e. The summed E-state index contributed by atoms with van der Waals surface area (Å²) in [7, 11) is 0. The van der Waals surface area contributed by atoms with Gasteiger partial charge in [-0.25, -0.2) is 0 Å². The maximum atomic E-state index is 14.0. The third kappa shape index (κ3) is 6.77. The molecule has 9 atom stereocenters. The topological polar surface area (TPSA) is 125 Å². The number of nitrogens with zero attached hydrogens (tertiary/aromatic N) is 1. The number of ether oxygens (including phenoxy) is 2. The Labute approximate surface area is 319 Å². The van der Waals surface area contributed by atoms with E-state index in [1.165, 1.54) is 5.57 Å². The summed E-state index contributed by atoms with van der Waals surface area (Å²) in [4.78, 5) is 41.3. The number of esters is 1. The number of ketones is 1. The van der Waals surface area contributed by atoms with E-state index in [1.807, 2.05) is 0 Å². The van der Waals surface area contributed by atoms with Crippen LogP contribution in [-0.2, 0) is 23.9 Å². The molecule has 1 heterocycles. The van der Waals surface area contributed by atoms with Gasteiger partial charge in [0.05, 0.1) is 31.2 Å². The number of Topliss-reactive ketones (excluding diaryl/α,β-unsaturated/α-hetero) is 1. The van der Waals surface area contributed by atoms with Gasteiger partial charge in [-0.2, -0.15) is 0 Å². The molecule has 0 aromatic heterocycles. The van der Waals surface area contributed by atoms with Crippen LogP contribution in [0.4, 0.5) is 0 Å². The van der Waals surface area contributed by atoms with E-state index >= 15 is 0 Å². The van der Waals surface area contributed by atoms with E-state index in [2.05, 4.69) is 58.7 Å². The normalized spacial score (nSPS) is 39.2. The summed E-state index contributed by atoms with van der Waals surface area (Å²) in [5.74, 6) is 0.154. The number of hydrogen-bond acceptors (Lipinski definition) is 8. The number of morpholine rings is 1. The maximum absolute atomic E-state index is 14.0. The first kappa shape index (κ1) is 40.8. The highest BCUT2D eigenvalue weighted by atomic mass is 16.5. The number of carbonyl (C=O) groups excluding carboxylic acids is 2. The van der Waals surface area contributed by atoms with Crippen molar-refractivity contribution >= 4 is 17.7 Å². The van der Waals surface area contributed by atoms with Crippen LogP contribution in [0.5, 0.6) is 0 Å². The lowest BCUT2D eigenvalue weighted by Gasteiger charge is -2.72. The second kappa shape index (κ2) is 14.6. The van der Waals surface area contributed by atoms with E-state index in [1.54, 1.807) is 13.8 Å². The van der Waals surface area contributed by atoms with E-state index in [0.717, 1.165) is 103 Å². The fourth-order valence-corrected chi connectivity index (χ4v) is 13.6. The van der Waals surface area contributed by atoms with Crippen LogP contribution in [0.1, 0.15) is 133 Å². The molecule has 0 radical (unpaired) electrons. The highest BCUT2D eigenvalue weighted by Crippen LogP contribution is 2.77. The predicted octanol–water partition coefficient (Wildman–Crippen LogP) is 7.05. The van der Waals surface area contributed by atoms with Crippen LogP contribution in [0.3, 0.4) is 0 Å². The molecule has 4 saturated carbocycles. The first-order chi connectivity index (χ1) is 24.7. The van der Waals surface area contributed by atoms with Crippen molar-refractivity contribution in [1.29, 1.82) is 0 Å². The Hall–Kier alpha value is -1.81. The number of carboxylic acids is 1. The number of hydrogen-bond donors (Lipinski definition) is 3. The van der Waals surface area contributed by atoms with Crippen LogP contribution in [0.25, 0.3) is 0 Å². The molecule has 0 spiro atoms. The minimum atomic E-state index is -1.16. The molecule has 9 nitrogen and oxygen atoms in total. The number of carbonyl (C=O) groups is 3. The van der Waals surface area contributed by atoms with Crippen LogP contribution in [0.2, 0.25) is 0 Å². The van der Waals surface area contributed by atoms with Gasteiger partial charge in [0, 0.05) is 36.9 Å². The zero-order valence-electron chi connectivity index (χ0n) is 34.6. The van der Waals surface area contributed by atoms with E-state index < -0.39 is 28.9 Å². The third-order valence-electron chi connectivity index (χ3n) is 16.8. The molecule has 3 N–H and O–H groups in total. The lowest BCUT2D eigenvalue weighted by atomic mass is 9.33. The molecule has 0 aromatic carbocycles. The molecular weight excluding hydrogens is 668 g/mol. The number of carboxylic acid groups (broad SMARTS) is 1. The Morgan fingerprint density at radius 1 is 0.962 bits per heavy atom. The maximum Gasteiger partial charge on any atom is 0.309 e. The molecule has 53 heavy (non-hydrogen) atoms. The second-order valence-electron chi connectivity index (χ2n) is 20.6. The molecule has 1 aliphatic heterocycles. The Morgan fingerprint density at radius 3 is 2.32 bits per heavy atom. The molecule has 6 aliphatic rings. The number of aliphatic hydroxyl groups excluding tert-OH is 1. The summed E-state index contributed by atoms with van der Waals surface area (Å²) < 4.78 is 11.7. The minimum absolute atomic E-state index is 0.00860. The summed E-state index contributed by atoms with van der Waals surface area (Å²) >= 11 is 0.